The van der Waals surface area contributed by atoms with Crippen molar-refractivity contribution in [2.75, 3.05) is 7.05 Å². The molecule has 0 aliphatic carbocycles. The summed E-state index contributed by atoms with van der Waals surface area (Å²) in [5.74, 6) is 0.212. The lowest BCUT2D eigenvalue weighted by Crippen LogP contribution is -2.20. The fourth-order valence-electron chi connectivity index (χ4n) is 2.20. The minimum absolute atomic E-state index is 0.0962. The number of halogens is 3. The van der Waals surface area contributed by atoms with E-state index in [4.69, 9.17) is 0 Å². The lowest BCUT2D eigenvalue weighted by Gasteiger charge is -2.20. The molecule has 1 N–H and O–H groups in total. The molecule has 0 amide bonds. The average Bonchev–Trinajstić information content (AvgIpc) is 2.47. The zero-order valence-corrected chi connectivity index (χ0v) is 13.1. The zero-order valence-electron chi connectivity index (χ0n) is 11.5. The molecule has 0 aliphatic heterocycles. The van der Waals surface area contributed by atoms with Crippen LogP contribution in [0.3, 0.4) is 0 Å². The Morgan fingerprint density at radius 1 is 1.10 bits per heavy atom. The van der Waals surface area contributed by atoms with Gasteiger partial charge in [0.25, 0.3) is 0 Å². The van der Waals surface area contributed by atoms with Gasteiger partial charge in [0.1, 0.15) is 5.75 Å². The summed E-state index contributed by atoms with van der Waals surface area (Å²) in [6, 6.07) is 14.7. The van der Waals surface area contributed by atoms with E-state index < -0.39 is 6.61 Å². The number of nitrogens with one attached hydrogen (secondary N) is 1. The Morgan fingerprint density at radius 3 is 2.38 bits per heavy atom. The smallest absolute Gasteiger partial charge is 0.387 e. The van der Waals surface area contributed by atoms with E-state index in [9.17, 15) is 8.78 Å². The van der Waals surface area contributed by atoms with Crippen molar-refractivity contribution in [3.05, 3.63) is 64.1 Å². The van der Waals surface area contributed by atoms with Crippen LogP contribution in [-0.2, 0) is 6.42 Å². The summed E-state index contributed by atoms with van der Waals surface area (Å²) < 4.78 is 30.6. The highest BCUT2D eigenvalue weighted by Crippen LogP contribution is 2.29. The highest BCUT2D eigenvalue weighted by atomic mass is 79.9. The molecule has 0 aliphatic rings. The molecule has 1 unspecified atom stereocenters. The standard InChI is InChI=1S/C16H16BrF2NO/c1-20-14(10-11-6-8-12(17)9-7-11)13-4-2-3-5-15(13)21-16(18)19/h2-9,14,16,20H,10H2,1H3. The normalized spacial score (nSPS) is 12.4. The topological polar surface area (TPSA) is 21.3 Å². The van der Waals surface area contributed by atoms with Gasteiger partial charge in [0.15, 0.2) is 0 Å². The van der Waals surface area contributed by atoms with Crippen LogP contribution in [0.15, 0.2) is 53.0 Å². The predicted molar refractivity (Wildman–Crippen MR) is 82.7 cm³/mol. The molecule has 0 saturated heterocycles. The van der Waals surface area contributed by atoms with Gasteiger partial charge in [-0.25, -0.2) is 0 Å². The lowest BCUT2D eigenvalue weighted by molar-refractivity contribution is -0.0507. The van der Waals surface area contributed by atoms with Crippen LogP contribution in [0, 0.1) is 0 Å². The summed E-state index contributed by atoms with van der Waals surface area (Å²) in [5.41, 5.74) is 1.84. The quantitative estimate of drug-likeness (QED) is 0.820. The van der Waals surface area contributed by atoms with Gasteiger partial charge in [-0.3, -0.25) is 0 Å². The molecule has 1 atom stereocenters. The molecule has 0 aromatic heterocycles. The Labute approximate surface area is 131 Å². The van der Waals surface area contributed by atoms with E-state index in [1.165, 1.54) is 0 Å². The number of benzene rings is 2. The second kappa shape index (κ2) is 7.52. The van der Waals surface area contributed by atoms with Crippen molar-refractivity contribution >= 4 is 15.9 Å². The molecule has 0 bridgehead atoms. The fraction of sp³-hybridized carbons (Fsp3) is 0.250. The average molecular weight is 356 g/mol. The number of hydrogen-bond donors (Lipinski definition) is 1. The van der Waals surface area contributed by atoms with Crippen molar-refractivity contribution in [2.45, 2.75) is 19.1 Å². The van der Waals surface area contributed by atoms with Gasteiger partial charge >= 0.3 is 6.61 Å². The summed E-state index contributed by atoms with van der Waals surface area (Å²) >= 11 is 3.39. The van der Waals surface area contributed by atoms with Crippen molar-refractivity contribution in [1.82, 2.24) is 5.32 Å². The highest BCUT2D eigenvalue weighted by Gasteiger charge is 2.17. The summed E-state index contributed by atoms with van der Waals surface area (Å²) in [7, 11) is 1.81. The first-order chi connectivity index (χ1) is 10.1. The number of alkyl halides is 2. The van der Waals surface area contributed by atoms with Crippen LogP contribution in [0.5, 0.6) is 5.75 Å². The van der Waals surface area contributed by atoms with Crippen LogP contribution in [0.1, 0.15) is 17.2 Å². The van der Waals surface area contributed by atoms with Crippen molar-refractivity contribution in [3.63, 3.8) is 0 Å². The Hall–Kier alpha value is -1.46. The van der Waals surface area contributed by atoms with Crippen molar-refractivity contribution in [1.29, 1.82) is 0 Å². The lowest BCUT2D eigenvalue weighted by atomic mass is 9.98. The third kappa shape index (κ3) is 4.51. The summed E-state index contributed by atoms with van der Waals surface area (Å²) in [6.45, 7) is -2.82. The van der Waals surface area contributed by atoms with Crippen LogP contribution in [-0.4, -0.2) is 13.7 Å². The van der Waals surface area contributed by atoms with Crippen LogP contribution in [0.25, 0.3) is 0 Å². The van der Waals surface area contributed by atoms with E-state index in [1.807, 2.05) is 37.4 Å². The molecule has 0 spiro atoms. The van der Waals surface area contributed by atoms with Gasteiger partial charge in [0.05, 0.1) is 0 Å². The summed E-state index contributed by atoms with van der Waals surface area (Å²) in [5, 5.41) is 3.16. The molecule has 2 aromatic rings. The van der Waals surface area contributed by atoms with Gasteiger partial charge in [-0.15, -0.1) is 0 Å². The Kier molecular flexibility index (Phi) is 5.70. The summed E-state index contributed by atoms with van der Waals surface area (Å²) in [6.07, 6.45) is 0.688. The van der Waals surface area contributed by atoms with Crippen molar-refractivity contribution in [3.8, 4) is 5.75 Å². The first-order valence-electron chi connectivity index (χ1n) is 6.55. The monoisotopic (exact) mass is 355 g/mol. The van der Waals surface area contributed by atoms with E-state index in [2.05, 4.69) is 26.0 Å². The molecular formula is C16H16BrF2NO. The van der Waals surface area contributed by atoms with Crippen LogP contribution >= 0.6 is 15.9 Å². The summed E-state index contributed by atoms with van der Waals surface area (Å²) in [4.78, 5) is 0. The Morgan fingerprint density at radius 2 is 1.76 bits per heavy atom. The van der Waals surface area contributed by atoms with Crippen LogP contribution in [0.2, 0.25) is 0 Å². The largest absolute Gasteiger partial charge is 0.434 e. The number of likely N-dealkylation sites (N-methyl/N-ethyl adjacent to an activating group) is 1. The number of rotatable bonds is 6. The molecule has 0 heterocycles. The molecule has 0 fully saturated rings. The van der Waals surface area contributed by atoms with Crippen LogP contribution < -0.4 is 10.1 Å². The molecule has 0 radical (unpaired) electrons. The second-order valence-electron chi connectivity index (χ2n) is 4.59. The van der Waals surface area contributed by atoms with Gasteiger partial charge in [0, 0.05) is 16.1 Å². The number of ether oxygens (including phenoxy) is 1. The molecule has 112 valence electrons. The van der Waals surface area contributed by atoms with Gasteiger partial charge < -0.3 is 10.1 Å². The SMILES string of the molecule is CNC(Cc1ccc(Br)cc1)c1ccccc1OC(F)F. The van der Waals surface area contributed by atoms with E-state index in [0.29, 0.717) is 6.42 Å². The van der Waals surface area contributed by atoms with E-state index in [1.54, 1.807) is 18.2 Å². The van der Waals surface area contributed by atoms with E-state index in [-0.39, 0.29) is 11.8 Å². The number of hydrogen-bond acceptors (Lipinski definition) is 2. The van der Waals surface area contributed by atoms with Gasteiger partial charge in [-0.05, 0) is 37.2 Å². The second-order valence-corrected chi connectivity index (χ2v) is 5.50. The van der Waals surface area contributed by atoms with E-state index >= 15 is 0 Å². The fourth-order valence-corrected chi connectivity index (χ4v) is 2.46. The molecule has 2 aromatic carbocycles. The minimum atomic E-state index is -2.82. The van der Waals surface area contributed by atoms with Crippen molar-refractivity contribution in [2.24, 2.45) is 0 Å². The third-order valence-electron chi connectivity index (χ3n) is 3.21. The predicted octanol–water partition coefficient (Wildman–Crippen LogP) is 4.55. The highest BCUT2D eigenvalue weighted by molar-refractivity contribution is 9.10. The molecule has 5 heteroatoms. The third-order valence-corrected chi connectivity index (χ3v) is 3.74. The molecule has 0 saturated carbocycles. The van der Waals surface area contributed by atoms with Crippen molar-refractivity contribution < 1.29 is 13.5 Å². The van der Waals surface area contributed by atoms with Gasteiger partial charge in [0.2, 0.25) is 0 Å². The van der Waals surface area contributed by atoms with Crippen LogP contribution in [0.4, 0.5) is 8.78 Å². The minimum Gasteiger partial charge on any atom is -0.434 e. The maximum absolute atomic E-state index is 12.5. The first-order valence-corrected chi connectivity index (χ1v) is 7.35. The molecule has 2 nitrogen and oxygen atoms in total. The molecular weight excluding hydrogens is 340 g/mol. The first kappa shape index (κ1) is 15.9. The Balaban J connectivity index is 2.22. The van der Waals surface area contributed by atoms with Gasteiger partial charge in [-0.2, -0.15) is 8.78 Å². The molecule has 2 rings (SSSR count). The Bertz CT molecular complexity index is 575. The zero-order chi connectivity index (χ0) is 15.2. The number of para-hydroxylation sites is 1. The molecule has 21 heavy (non-hydrogen) atoms. The maximum Gasteiger partial charge on any atom is 0.387 e. The maximum atomic E-state index is 12.5. The van der Waals surface area contributed by atoms with Gasteiger partial charge in [-0.1, -0.05) is 46.3 Å². The van der Waals surface area contributed by atoms with E-state index in [0.717, 1.165) is 15.6 Å².